The van der Waals surface area contributed by atoms with Crippen LogP contribution in [0, 0.1) is 0 Å². The van der Waals surface area contributed by atoms with Crippen LogP contribution in [0.3, 0.4) is 0 Å². The lowest BCUT2D eigenvalue weighted by Gasteiger charge is -2.23. The third-order valence-electron chi connectivity index (χ3n) is 3.63. The Morgan fingerprint density at radius 3 is 2.25 bits per heavy atom. The number of nitrogens with one attached hydrogen (secondary N) is 1. The molecule has 0 aliphatic heterocycles. The summed E-state index contributed by atoms with van der Waals surface area (Å²) in [6, 6.07) is 15.3. The molecule has 24 heavy (non-hydrogen) atoms. The average molecular weight is 460 g/mol. The Kier molecular flexibility index (Phi) is 7.83. The minimum atomic E-state index is -0.128. The Morgan fingerprint density at radius 1 is 1.12 bits per heavy atom. The van der Waals surface area contributed by atoms with Crippen molar-refractivity contribution in [2.75, 3.05) is 19.0 Å². The largest absolute Gasteiger partial charge is 0.497 e. The first kappa shape index (κ1) is 20.6. The molecule has 6 heteroatoms. The normalized spacial score (nSPS) is 11.6. The quantitative estimate of drug-likeness (QED) is 0.388. The zero-order valence-electron chi connectivity index (χ0n) is 14.0. The highest BCUT2D eigenvalue weighted by atomic mass is 127. The Bertz CT molecular complexity index is 670. The number of aliphatic imine (C=N–C) groups is 1. The number of methoxy groups -OCH3 is 1. The van der Waals surface area contributed by atoms with E-state index in [9.17, 15) is 0 Å². The maximum Gasteiger partial charge on any atom is 0.193 e. The molecule has 4 nitrogen and oxygen atoms in total. The van der Waals surface area contributed by atoms with Crippen molar-refractivity contribution >= 4 is 47.2 Å². The van der Waals surface area contributed by atoms with Gasteiger partial charge in [0.2, 0.25) is 0 Å². The number of hydrogen-bond donors (Lipinski definition) is 2. The summed E-state index contributed by atoms with van der Waals surface area (Å²) in [6.45, 7) is 4.82. The van der Waals surface area contributed by atoms with Crippen molar-refractivity contribution < 1.29 is 4.74 Å². The Hall–Kier alpha value is -1.47. The molecular formula is C18H23ClIN3O. The van der Waals surface area contributed by atoms with Gasteiger partial charge >= 0.3 is 0 Å². The molecule has 0 fully saturated rings. The van der Waals surface area contributed by atoms with Gasteiger partial charge in [0.05, 0.1) is 13.7 Å². The molecule has 0 aliphatic carbocycles. The van der Waals surface area contributed by atoms with Crippen molar-refractivity contribution in [2.24, 2.45) is 10.7 Å². The van der Waals surface area contributed by atoms with Crippen molar-refractivity contribution in [3.05, 3.63) is 59.1 Å². The SMILES string of the molecule is COc1ccc(NC(N)=NCC(C)(C)c2ccc(Cl)cc2)cc1.I. The van der Waals surface area contributed by atoms with Gasteiger partial charge in [0.15, 0.2) is 5.96 Å². The van der Waals surface area contributed by atoms with Crippen LogP contribution in [0.2, 0.25) is 5.02 Å². The van der Waals surface area contributed by atoms with E-state index in [2.05, 4.69) is 24.2 Å². The molecule has 0 bridgehead atoms. The number of hydrogen-bond acceptors (Lipinski definition) is 2. The van der Waals surface area contributed by atoms with Gasteiger partial charge < -0.3 is 15.8 Å². The number of guanidine groups is 1. The molecule has 0 aliphatic rings. The summed E-state index contributed by atoms with van der Waals surface area (Å²) in [7, 11) is 1.64. The van der Waals surface area contributed by atoms with Crippen LogP contribution in [0.25, 0.3) is 0 Å². The van der Waals surface area contributed by atoms with Crippen LogP contribution in [0.5, 0.6) is 5.75 Å². The first-order valence-corrected chi connectivity index (χ1v) is 7.75. The van der Waals surface area contributed by atoms with Gasteiger partial charge in [-0.2, -0.15) is 0 Å². The minimum absolute atomic E-state index is 0. The molecule has 130 valence electrons. The topological polar surface area (TPSA) is 59.6 Å². The number of anilines is 1. The predicted molar refractivity (Wildman–Crippen MR) is 113 cm³/mol. The number of nitrogens with zero attached hydrogens (tertiary/aromatic N) is 1. The van der Waals surface area contributed by atoms with Crippen LogP contribution in [-0.4, -0.2) is 19.6 Å². The predicted octanol–water partition coefficient (Wildman–Crippen LogP) is 4.67. The molecule has 2 aromatic rings. The maximum absolute atomic E-state index is 5.97. The molecule has 0 unspecified atom stereocenters. The van der Waals surface area contributed by atoms with Gasteiger partial charge in [-0.1, -0.05) is 37.6 Å². The monoisotopic (exact) mass is 459 g/mol. The first-order chi connectivity index (χ1) is 10.9. The smallest absolute Gasteiger partial charge is 0.193 e. The number of halogens is 2. The molecule has 0 radical (unpaired) electrons. The molecule has 2 aromatic carbocycles. The fourth-order valence-corrected chi connectivity index (χ4v) is 2.26. The molecule has 0 aromatic heterocycles. The number of nitrogens with two attached hydrogens (primary N) is 1. The summed E-state index contributed by atoms with van der Waals surface area (Å²) in [6.07, 6.45) is 0. The third kappa shape index (κ3) is 5.87. The second-order valence-electron chi connectivity index (χ2n) is 5.95. The summed E-state index contributed by atoms with van der Waals surface area (Å²) < 4.78 is 5.13. The molecule has 0 spiro atoms. The van der Waals surface area contributed by atoms with Crippen LogP contribution >= 0.6 is 35.6 Å². The van der Waals surface area contributed by atoms with Crippen molar-refractivity contribution in [1.82, 2.24) is 0 Å². The van der Waals surface area contributed by atoms with Crippen molar-refractivity contribution in [2.45, 2.75) is 19.3 Å². The Balaban J connectivity index is 0.00000288. The lowest BCUT2D eigenvalue weighted by molar-refractivity contribution is 0.415. The molecule has 0 saturated carbocycles. The Morgan fingerprint density at radius 2 is 1.71 bits per heavy atom. The standard InChI is InChI=1S/C18H22ClN3O.HI/c1-18(2,13-4-6-14(19)7-5-13)12-21-17(20)22-15-8-10-16(23-3)11-9-15;/h4-11H,12H2,1-3H3,(H3,20,21,22);1H. The summed E-state index contributed by atoms with van der Waals surface area (Å²) in [5.41, 5.74) is 7.88. The number of benzene rings is 2. The van der Waals surface area contributed by atoms with E-state index in [4.69, 9.17) is 22.1 Å². The molecule has 0 atom stereocenters. The average Bonchev–Trinajstić information content (AvgIpc) is 2.54. The van der Waals surface area contributed by atoms with E-state index in [1.807, 2.05) is 48.5 Å². The molecular weight excluding hydrogens is 437 g/mol. The van der Waals surface area contributed by atoms with Crippen molar-refractivity contribution in [3.63, 3.8) is 0 Å². The summed E-state index contributed by atoms with van der Waals surface area (Å²) in [5.74, 6) is 1.19. The molecule has 0 saturated heterocycles. The fraction of sp³-hybridized carbons (Fsp3) is 0.278. The summed E-state index contributed by atoms with van der Waals surface area (Å²) >= 11 is 5.93. The number of ether oxygens (including phenoxy) is 1. The second-order valence-corrected chi connectivity index (χ2v) is 6.38. The van der Waals surface area contributed by atoms with E-state index in [-0.39, 0.29) is 29.4 Å². The van der Waals surface area contributed by atoms with Crippen molar-refractivity contribution in [1.29, 1.82) is 0 Å². The van der Waals surface area contributed by atoms with Crippen LogP contribution in [0.1, 0.15) is 19.4 Å². The van der Waals surface area contributed by atoms with Gasteiger partial charge in [0, 0.05) is 16.1 Å². The van der Waals surface area contributed by atoms with E-state index in [0.29, 0.717) is 12.5 Å². The Labute approximate surface area is 165 Å². The third-order valence-corrected chi connectivity index (χ3v) is 3.88. The van der Waals surface area contributed by atoms with Gasteiger partial charge in [-0.25, -0.2) is 0 Å². The van der Waals surface area contributed by atoms with E-state index in [1.165, 1.54) is 5.56 Å². The van der Waals surface area contributed by atoms with Gasteiger partial charge in [-0.3, -0.25) is 4.99 Å². The zero-order valence-corrected chi connectivity index (χ0v) is 17.1. The van der Waals surface area contributed by atoms with E-state index in [0.717, 1.165) is 16.5 Å². The van der Waals surface area contributed by atoms with Crippen LogP contribution in [0.15, 0.2) is 53.5 Å². The second kappa shape index (κ2) is 9.13. The van der Waals surface area contributed by atoms with Gasteiger partial charge in [-0.05, 0) is 42.0 Å². The summed E-state index contributed by atoms with van der Waals surface area (Å²) in [4.78, 5) is 4.45. The zero-order chi connectivity index (χ0) is 16.9. The highest BCUT2D eigenvalue weighted by Crippen LogP contribution is 2.25. The summed E-state index contributed by atoms with van der Waals surface area (Å²) in [5, 5.41) is 3.81. The molecule has 3 N–H and O–H groups in total. The highest BCUT2D eigenvalue weighted by molar-refractivity contribution is 14.0. The van der Waals surface area contributed by atoms with Crippen molar-refractivity contribution in [3.8, 4) is 5.75 Å². The minimum Gasteiger partial charge on any atom is -0.497 e. The van der Waals surface area contributed by atoms with E-state index < -0.39 is 0 Å². The lowest BCUT2D eigenvalue weighted by atomic mass is 9.85. The van der Waals surface area contributed by atoms with Gasteiger partial charge in [-0.15, -0.1) is 24.0 Å². The first-order valence-electron chi connectivity index (χ1n) is 7.38. The van der Waals surface area contributed by atoms with E-state index in [1.54, 1.807) is 7.11 Å². The lowest BCUT2D eigenvalue weighted by Crippen LogP contribution is -2.27. The number of rotatable bonds is 5. The van der Waals surface area contributed by atoms with Crippen LogP contribution in [-0.2, 0) is 5.41 Å². The van der Waals surface area contributed by atoms with E-state index >= 15 is 0 Å². The van der Waals surface area contributed by atoms with Crippen LogP contribution in [0.4, 0.5) is 5.69 Å². The fourth-order valence-electron chi connectivity index (χ4n) is 2.14. The van der Waals surface area contributed by atoms with Crippen LogP contribution < -0.4 is 15.8 Å². The highest BCUT2D eigenvalue weighted by Gasteiger charge is 2.20. The molecule has 0 amide bonds. The maximum atomic E-state index is 5.97. The molecule has 0 heterocycles. The molecule has 2 rings (SSSR count). The van der Waals surface area contributed by atoms with Gasteiger partial charge in [0.25, 0.3) is 0 Å². The van der Waals surface area contributed by atoms with Gasteiger partial charge in [0.1, 0.15) is 5.75 Å².